The predicted molar refractivity (Wildman–Crippen MR) is 82.6 cm³/mol. The molecule has 0 amide bonds. The zero-order valence-corrected chi connectivity index (χ0v) is 12.2. The zero-order valence-electron chi connectivity index (χ0n) is 12.2. The van der Waals surface area contributed by atoms with E-state index in [1.807, 2.05) is 30.3 Å². The molecule has 5 nitrogen and oxygen atoms in total. The number of carbonyl (C=O) groups excluding carboxylic acids is 1. The monoisotopic (exact) mass is 282 g/mol. The van der Waals surface area contributed by atoms with Crippen LogP contribution < -0.4 is 11.1 Å². The number of nitrogens with zero attached hydrogens (tertiary/aromatic N) is 2. The number of aromatic nitrogens is 2. The Morgan fingerprint density at radius 3 is 2.57 bits per heavy atom. The largest absolute Gasteiger partial charge is 0.383 e. The maximum atomic E-state index is 12.2. The highest BCUT2D eigenvalue weighted by Gasteiger charge is 2.34. The molecular formula is C16H18N4O. The maximum Gasteiger partial charge on any atom is 0.229 e. The van der Waals surface area contributed by atoms with Crippen LogP contribution in [-0.4, -0.2) is 15.8 Å². The van der Waals surface area contributed by atoms with Crippen LogP contribution in [0, 0.1) is 5.41 Å². The normalized spacial score (nSPS) is 16.4. The molecule has 0 saturated carbocycles. The van der Waals surface area contributed by atoms with Gasteiger partial charge in [0, 0.05) is 12.1 Å². The van der Waals surface area contributed by atoms with E-state index in [0.29, 0.717) is 17.9 Å². The summed E-state index contributed by atoms with van der Waals surface area (Å²) >= 11 is 0. The Hall–Kier alpha value is -2.43. The van der Waals surface area contributed by atoms with Gasteiger partial charge in [-0.2, -0.15) is 4.98 Å². The number of ketones is 1. The summed E-state index contributed by atoms with van der Waals surface area (Å²) in [5.74, 6) is 0.729. The Morgan fingerprint density at radius 2 is 1.86 bits per heavy atom. The minimum absolute atomic E-state index is 0.0324. The van der Waals surface area contributed by atoms with E-state index in [2.05, 4.69) is 29.1 Å². The molecule has 0 atom stereocenters. The topological polar surface area (TPSA) is 80.9 Å². The number of hydrogen-bond donors (Lipinski definition) is 2. The molecule has 1 aliphatic carbocycles. The number of fused-ring (bicyclic) bond motifs is 1. The molecule has 1 aromatic carbocycles. The molecule has 0 fully saturated rings. The van der Waals surface area contributed by atoms with Crippen LogP contribution in [0.15, 0.2) is 30.3 Å². The van der Waals surface area contributed by atoms with E-state index in [0.717, 1.165) is 17.8 Å². The molecule has 0 radical (unpaired) electrons. The Kier molecular flexibility index (Phi) is 3.12. The zero-order chi connectivity index (χ0) is 15.0. The number of nitrogens with one attached hydrogen (secondary N) is 1. The van der Waals surface area contributed by atoms with Crippen LogP contribution in [0.3, 0.4) is 0 Å². The van der Waals surface area contributed by atoms with Gasteiger partial charge in [0.1, 0.15) is 5.82 Å². The fraction of sp³-hybridized carbons (Fsp3) is 0.312. The van der Waals surface area contributed by atoms with Crippen molar-refractivity contribution in [2.24, 2.45) is 5.41 Å². The van der Waals surface area contributed by atoms with Gasteiger partial charge in [-0.15, -0.1) is 0 Å². The number of benzene rings is 1. The second kappa shape index (κ2) is 4.84. The van der Waals surface area contributed by atoms with Gasteiger partial charge in [0.25, 0.3) is 0 Å². The third kappa shape index (κ3) is 2.72. The summed E-state index contributed by atoms with van der Waals surface area (Å²) in [5, 5.41) is 3.12. The molecule has 108 valence electrons. The van der Waals surface area contributed by atoms with E-state index >= 15 is 0 Å². The van der Waals surface area contributed by atoms with Crippen molar-refractivity contribution in [3.63, 3.8) is 0 Å². The molecule has 1 aliphatic rings. The fourth-order valence-electron chi connectivity index (χ4n) is 2.70. The highest BCUT2D eigenvalue weighted by Crippen LogP contribution is 2.36. The Bertz CT molecular complexity index is 695. The molecule has 3 rings (SSSR count). The van der Waals surface area contributed by atoms with Gasteiger partial charge in [-0.3, -0.25) is 4.79 Å². The van der Waals surface area contributed by atoms with Gasteiger partial charge in [0.05, 0.1) is 11.3 Å². The first-order valence-corrected chi connectivity index (χ1v) is 6.96. The first-order chi connectivity index (χ1) is 9.94. The molecule has 3 N–H and O–H groups in total. The molecule has 1 aromatic heterocycles. The summed E-state index contributed by atoms with van der Waals surface area (Å²) in [4.78, 5) is 20.9. The quantitative estimate of drug-likeness (QED) is 0.885. The minimum Gasteiger partial charge on any atom is -0.383 e. The molecule has 2 aromatic rings. The molecule has 21 heavy (non-hydrogen) atoms. The summed E-state index contributed by atoms with van der Waals surface area (Å²) in [6.45, 7) is 4.13. The molecule has 0 spiro atoms. The van der Waals surface area contributed by atoms with Crippen LogP contribution in [0.4, 0.5) is 17.5 Å². The molecule has 1 heterocycles. The van der Waals surface area contributed by atoms with E-state index in [1.54, 1.807) is 0 Å². The molecular weight excluding hydrogens is 264 g/mol. The summed E-state index contributed by atoms with van der Waals surface area (Å²) in [7, 11) is 0. The van der Waals surface area contributed by atoms with Crippen molar-refractivity contribution in [2.45, 2.75) is 26.7 Å². The predicted octanol–water partition coefficient (Wildman–Crippen LogP) is 2.96. The van der Waals surface area contributed by atoms with Gasteiger partial charge >= 0.3 is 0 Å². The SMILES string of the molecule is CC1(C)CC(=O)c2c(N)nc(Nc3ccccc3)nc2C1. The van der Waals surface area contributed by atoms with Crippen molar-refractivity contribution in [3.05, 3.63) is 41.6 Å². The number of nitrogens with two attached hydrogens (primary N) is 1. The molecule has 0 bridgehead atoms. The van der Waals surface area contributed by atoms with Crippen molar-refractivity contribution >= 4 is 23.2 Å². The van der Waals surface area contributed by atoms with Crippen LogP contribution in [0.25, 0.3) is 0 Å². The van der Waals surface area contributed by atoms with E-state index < -0.39 is 0 Å². The highest BCUT2D eigenvalue weighted by molar-refractivity contribution is 6.02. The van der Waals surface area contributed by atoms with Gasteiger partial charge in [-0.25, -0.2) is 4.98 Å². The van der Waals surface area contributed by atoms with Crippen LogP contribution >= 0.6 is 0 Å². The number of anilines is 3. The number of carbonyl (C=O) groups is 1. The number of para-hydroxylation sites is 1. The lowest BCUT2D eigenvalue weighted by molar-refractivity contribution is 0.0911. The van der Waals surface area contributed by atoms with Crippen LogP contribution in [0.2, 0.25) is 0 Å². The number of hydrogen-bond acceptors (Lipinski definition) is 5. The number of rotatable bonds is 2. The Balaban J connectivity index is 1.99. The van der Waals surface area contributed by atoms with Crippen LogP contribution in [-0.2, 0) is 6.42 Å². The summed E-state index contributed by atoms with van der Waals surface area (Å²) in [6, 6.07) is 9.64. The molecule has 5 heteroatoms. The first-order valence-electron chi connectivity index (χ1n) is 6.96. The fourth-order valence-corrected chi connectivity index (χ4v) is 2.70. The van der Waals surface area contributed by atoms with E-state index in [-0.39, 0.29) is 17.0 Å². The van der Waals surface area contributed by atoms with E-state index in [9.17, 15) is 4.79 Å². The van der Waals surface area contributed by atoms with Gasteiger partial charge in [0.2, 0.25) is 5.95 Å². The number of nitrogen functional groups attached to an aromatic ring is 1. The average molecular weight is 282 g/mol. The Morgan fingerprint density at radius 1 is 1.14 bits per heavy atom. The first kappa shape index (κ1) is 13.5. The second-order valence-electron chi connectivity index (χ2n) is 6.19. The highest BCUT2D eigenvalue weighted by atomic mass is 16.1. The lowest BCUT2D eigenvalue weighted by atomic mass is 9.76. The van der Waals surface area contributed by atoms with E-state index in [4.69, 9.17) is 5.73 Å². The van der Waals surface area contributed by atoms with Gasteiger partial charge < -0.3 is 11.1 Å². The molecule has 0 unspecified atom stereocenters. The minimum atomic E-state index is -0.0884. The van der Waals surface area contributed by atoms with Gasteiger partial charge in [0.15, 0.2) is 5.78 Å². The van der Waals surface area contributed by atoms with Crippen molar-refractivity contribution in [1.82, 2.24) is 9.97 Å². The maximum absolute atomic E-state index is 12.2. The number of Topliss-reactive ketones (excluding diaryl/α,β-unsaturated/α-hetero) is 1. The van der Waals surface area contributed by atoms with Gasteiger partial charge in [-0.05, 0) is 24.0 Å². The van der Waals surface area contributed by atoms with Crippen molar-refractivity contribution < 1.29 is 4.79 Å². The van der Waals surface area contributed by atoms with Crippen LogP contribution in [0.5, 0.6) is 0 Å². The van der Waals surface area contributed by atoms with Gasteiger partial charge in [-0.1, -0.05) is 32.0 Å². The third-order valence-electron chi connectivity index (χ3n) is 3.61. The van der Waals surface area contributed by atoms with Crippen molar-refractivity contribution in [2.75, 3.05) is 11.1 Å². The molecule has 0 aliphatic heterocycles. The summed E-state index contributed by atoms with van der Waals surface area (Å²) < 4.78 is 0. The average Bonchev–Trinajstić information content (AvgIpc) is 2.37. The second-order valence-corrected chi connectivity index (χ2v) is 6.19. The lowest BCUT2D eigenvalue weighted by Crippen LogP contribution is -2.29. The molecule has 0 saturated heterocycles. The smallest absolute Gasteiger partial charge is 0.229 e. The standard InChI is InChI=1S/C16H18N4O/c1-16(2)8-11-13(12(21)9-16)14(17)20-15(19-11)18-10-6-4-3-5-7-10/h3-7H,8-9H2,1-2H3,(H3,17,18,19,20). The van der Waals surface area contributed by atoms with E-state index in [1.165, 1.54) is 0 Å². The Labute approximate surface area is 123 Å². The summed E-state index contributed by atoms with van der Waals surface area (Å²) in [6.07, 6.45) is 1.21. The van der Waals surface area contributed by atoms with Crippen LogP contribution in [0.1, 0.15) is 36.3 Å². The lowest BCUT2D eigenvalue weighted by Gasteiger charge is -2.29. The van der Waals surface area contributed by atoms with Crippen molar-refractivity contribution in [1.29, 1.82) is 0 Å². The van der Waals surface area contributed by atoms with Crippen molar-refractivity contribution in [3.8, 4) is 0 Å². The summed E-state index contributed by atoms with van der Waals surface area (Å²) in [5.41, 5.74) is 7.99. The third-order valence-corrected chi connectivity index (χ3v) is 3.61.